The molecule has 0 aliphatic rings. The minimum absolute atomic E-state index is 0.00880. The van der Waals surface area contributed by atoms with Crippen molar-refractivity contribution in [3.63, 3.8) is 0 Å². The number of hydrogen-bond donors (Lipinski definition) is 0. The Kier molecular flexibility index (Phi) is 7.26. The summed E-state index contributed by atoms with van der Waals surface area (Å²) >= 11 is 0. The molecule has 0 rings (SSSR count). The van der Waals surface area contributed by atoms with Gasteiger partial charge in [-0.15, -0.1) is 0 Å². The number of sulfone groups is 1. The van der Waals surface area contributed by atoms with Crippen molar-refractivity contribution in [3.05, 3.63) is 12.7 Å². The number of carbonyl (C=O) groups is 1. The lowest BCUT2D eigenvalue weighted by atomic mass is 9.95. The van der Waals surface area contributed by atoms with Crippen molar-refractivity contribution in [3.8, 4) is 0 Å². The molecule has 1 unspecified atom stereocenters. The average molecular weight is 294 g/mol. The van der Waals surface area contributed by atoms with Gasteiger partial charge in [0.2, 0.25) is 0 Å². The van der Waals surface area contributed by atoms with Gasteiger partial charge >= 0.3 is 5.97 Å². The van der Waals surface area contributed by atoms with Crippen LogP contribution >= 0.6 is 0 Å². The summed E-state index contributed by atoms with van der Waals surface area (Å²) in [6, 6.07) is 0. The zero-order valence-electron chi connectivity index (χ0n) is 11.8. The molecule has 0 spiro atoms. The highest BCUT2D eigenvalue weighted by molar-refractivity contribution is 7.91. The van der Waals surface area contributed by atoms with Crippen LogP contribution in [0.25, 0.3) is 0 Å². The molecule has 112 valence electrons. The molecule has 0 aliphatic heterocycles. The molecule has 19 heavy (non-hydrogen) atoms. The predicted molar refractivity (Wildman–Crippen MR) is 73.4 cm³/mol. The Hall–Kier alpha value is -0.910. The first-order valence-electron chi connectivity index (χ1n) is 6.24. The third-order valence-electron chi connectivity index (χ3n) is 2.56. The number of halogens is 1. The lowest BCUT2D eigenvalue weighted by Gasteiger charge is -2.19. The SMILES string of the molecule is C=CC(=O)OCCS(=O)(=O)CCC(C)CC(C)(C)F. The monoisotopic (exact) mass is 294 g/mol. The topological polar surface area (TPSA) is 60.4 Å². The first kappa shape index (κ1) is 18.1. The number of rotatable bonds is 9. The molecule has 0 aromatic heterocycles. The zero-order chi connectivity index (χ0) is 15.1. The van der Waals surface area contributed by atoms with E-state index in [1.807, 2.05) is 6.92 Å². The molecule has 0 fully saturated rings. The lowest BCUT2D eigenvalue weighted by Crippen LogP contribution is -2.21. The van der Waals surface area contributed by atoms with Crippen molar-refractivity contribution in [2.75, 3.05) is 18.1 Å². The fraction of sp³-hybridized carbons (Fsp3) is 0.769. The maximum atomic E-state index is 13.4. The fourth-order valence-electron chi connectivity index (χ4n) is 1.74. The van der Waals surface area contributed by atoms with Gasteiger partial charge < -0.3 is 4.74 Å². The molecule has 4 nitrogen and oxygen atoms in total. The van der Waals surface area contributed by atoms with E-state index in [0.29, 0.717) is 12.8 Å². The lowest BCUT2D eigenvalue weighted by molar-refractivity contribution is -0.137. The highest BCUT2D eigenvalue weighted by Crippen LogP contribution is 2.22. The normalized spacial score (nSPS) is 13.9. The third kappa shape index (κ3) is 10.7. The molecule has 6 heteroatoms. The van der Waals surface area contributed by atoms with Gasteiger partial charge in [0, 0.05) is 6.08 Å². The van der Waals surface area contributed by atoms with Crippen molar-refractivity contribution in [1.29, 1.82) is 0 Å². The summed E-state index contributed by atoms with van der Waals surface area (Å²) in [4.78, 5) is 10.7. The maximum absolute atomic E-state index is 13.4. The third-order valence-corrected chi connectivity index (χ3v) is 4.21. The van der Waals surface area contributed by atoms with Crippen LogP contribution in [0, 0.1) is 5.92 Å². The van der Waals surface area contributed by atoms with Crippen molar-refractivity contribution in [2.45, 2.75) is 39.3 Å². The molecule has 0 aromatic rings. The summed E-state index contributed by atoms with van der Waals surface area (Å²) in [5.41, 5.74) is -1.29. The van der Waals surface area contributed by atoms with Crippen LogP contribution in [-0.2, 0) is 19.4 Å². The van der Waals surface area contributed by atoms with Crippen molar-refractivity contribution >= 4 is 15.8 Å². The molecule has 0 saturated heterocycles. The standard InChI is InChI=1S/C13H23FO4S/c1-5-12(15)18-7-9-19(16,17)8-6-11(2)10-13(3,4)14/h5,11H,1,6-10H2,2-4H3. The maximum Gasteiger partial charge on any atom is 0.330 e. The van der Waals surface area contributed by atoms with E-state index in [9.17, 15) is 17.6 Å². The van der Waals surface area contributed by atoms with E-state index in [4.69, 9.17) is 0 Å². The van der Waals surface area contributed by atoms with Gasteiger partial charge in [-0.25, -0.2) is 17.6 Å². The summed E-state index contributed by atoms with van der Waals surface area (Å²) in [7, 11) is -3.27. The first-order chi connectivity index (χ1) is 8.56. The molecule has 0 aliphatic carbocycles. The van der Waals surface area contributed by atoms with E-state index in [1.54, 1.807) is 0 Å². The summed E-state index contributed by atoms with van der Waals surface area (Å²) in [6.07, 6.45) is 1.72. The molecule has 0 N–H and O–H groups in total. The predicted octanol–water partition coefficient (Wildman–Crippen LogP) is 2.29. The Bertz CT molecular complexity index is 395. The summed E-state index contributed by atoms with van der Waals surface area (Å²) in [5, 5.41) is 0. The summed E-state index contributed by atoms with van der Waals surface area (Å²) in [6.45, 7) is 7.83. The molecular formula is C13H23FO4S. The van der Waals surface area contributed by atoms with Crippen molar-refractivity contribution in [1.82, 2.24) is 0 Å². The van der Waals surface area contributed by atoms with E-state index in [2.05, 4.69) is 11.3 Å². The van der Waals surface area contributed by atoms with Gasteiger partial charge in [0.1, 0.15) is 12.3 Å². The number of carbonyl (C=O) groups excluding carboxylic acids is 1. The quantitative estimate of drug-likeness (QED) is 0.483. The van der Waals surface area contributed by atoms with Gasteiger partial charge in [-0.2, -0.15) is 0 Å². The molecule has 0 heterocycles. The van der Waals surface area contributed by atoms with E-state index in [1.165, 1.54) is 13.8 Å². The van der Waals surface area contributed by atoms with E-state index in [-0.39, 0.29) is 24.0 Å². The Morgan fingerprint density at radius 2 is 2.00 bits per heavy atom. The minimum Gasteiger partial charge on any atom is -0.461 e. The van der Waals surface area contributed by atoms with Gasteiger partial charge in [0.25, 0.3) is 0 Å². The van der Waals surface area contributed by atoms with Crippen molar-refractivity contribution < 1.29 is 22.3 Å². The van der Waals surface area contributed by atoms with Crippen LogP contribution in [0.3, 0.4) is 0 Å². The number of esters is 1. The second-order valence-corrected chi connectivity index (χ2v) is 7.64. The number of alkyl halides is 1. The van der Waals surface area contributed by atoms with Crippen LogP contribution in [0.2, 0.25) is 0 Å². The molecule has 0 amide bonds. The Morgan fingerprint density at radius 3 is 2.47 bits per heavy atom. The van der Waals surface area contributed by atoms with Crippen LogP contribution in [0.15, 0.2) is 12.7 Å². The molecule has 0 aromatic carbocycles. The Morgan fingerprint density at radius 1 is 1.42 bits per heavy atom. The second kappa shape index (κ2) is 7.62. The molecule has 0 saturated carbocycles. The van der Waals surface area contributed by atoms with Crippen LogP contribution in [0.5, 0.6) is 0 Å². The highest BCUT2D eigenvalue weighted by Gasteiger charge is 2.21. The van der Waals surface area contributed by atoms with E-state index in [0.717, 1.165) is 6.08 Å². The van der Waals surface area contributed by atoms with Gasteiger partial charge in [-0.05, 0) is 32.6 Å². The Labute approximate surface area is 114 Å². The fourth-order valence-corrected chi connectivity index (χ4v) is 3.04. The van der Waals surface area contributed by atoms with Crippen LogP contribution in [0.1, 0.15) is 33.6 Å². The van der Waals surface area contributed by atoms with Crippen LogP contribution in [-0.4, -0.2) is 38.2 Å². The molecular weight excluding hydrogens is 271 g/mol. The van der Waals surface area contributed by atoms with Crippen molar-refractivity contribution in [2.24, 2.45) is 5.92 Å². The van der Waals surface area contributed by atoms with Gasteiger partial charge in [-0.3, -0.25) is 0 Å². The molecule has 0 radical (unpaired) electrons. The zero-order valence-corrected chi connectivity index (χ0v) is 12.6. The van der Waals surface area contributed by atoms with Gasteiger partial charge in [0.05, 0.1) is 11.5 Å². The van der Waals surface area contributed by atoms with E-state index >= 15 is 0 Å². The second-order valence-electron chi connectivity index (χ2n) is 5.34. The van der Waals surface area contributed by atoms with Crippen LogP contribution < -0.4 is 0 Å². The minimum atomic E-state index is -3.27. The summed E-state index contributed by atoms with van der Waals surface area (Å²) in [5.74, 6) is -0.873. The average Bonchev–Trinajstić information content (AvgIpc) is 2.24. The van der Waals surface area contributed by atoms with Gasteiger partial charge in [0.15, 0.2) is 9.84 Å². The largest absolute Gasteiger partial charge is 0.461 e. The Balaban J connectivity index is 4.03. The number of hydrogen-bond acceptors (Lipinski definition) is 4. The smallest absolute Gasteiger partial charge is 0.330 e. The highest BCUT2D eigenvalue weighted by atomic mass is 32.2. The summed E-state index contributed by atoms with van der Waals surface area (Å²) < 4.78 is 41.3. The molecule has 1 atom stereocenters. The number of ether oxygens (including phenoxy) is 1. The van der Waals surface area contributed by atoms with E-state index < -0.39 is 21.5 Å². The van der Waals surface area contributed by atoms with Crippen LogP contribution in [0.4, 0.5) is 4.39 Å². The first-order valence-corrected chi connectivity index (χ1v) is 8.06. The molecule has 0 bridgehead atoms. The van der Waals surface area contributed by atoms with Gasteiger partial charge in [-0.1, -0.05) is 13.5 Å².